The summed E-state index contributed by atoms with van der Waals surface area (Å²) in [6.07, 6.45) is -9.54. The highest BCUT2D eigenvalue weighted by Gasteiger charge is 2.45. The molecule has 0 unspecified atom stereocenters. The quantitative estimate of drug-likeness (QED) is 0.138. The summed E-state index contributed by atoms with van der Waals surface area (Å²) in [4.78, 5) is 35.0. The number of aromatic hydroxyl groups is 3. The highest BCUT2D eigenvalue weighted by molar-refractivity contribution is 5.90. The van der Waals surface area contributed by atoms with Crippen LogP contribution in [0, 0.1) is 0 Å². The van der Waals surface area contributed by atoms with Crippen LogP contribution in [0.3, 0.4) is 0 Å². The lowest BCUT2D eigenvalue weighted by molar-refractivity contribution is -0.278. The van der Waals surface area contributed by atoms with E-state index in [4.69, 9.17) is 28.5 Å². The average Bonchev–Trinajstić information content (AvgIpc) is 2.90. The maximum Gasteiger partial charge on any atom is 0.317 e. The number of carboxylic acid groups (broad SMARTS) is 1. The van der Waals surface area contributed by atoms with Crippen molar-refractivity contribution in [1.29, 1.82) is 0 Å². The first-order valence-electron chi connectivity index (χ1n) is 11.5. The van der Waals surface area contributed by atoms with Crippen molar-refractivity contribution >= 4 is 22.9 Å². The monoisotopic (exact) mass is 564 g/mol. The zero-order chi connectivity index (χ0) is 29.3. The number of aliphatic hydroxyl groups excluding tert-OH is 3. The Kier molecular flexibility index (Phi) is 8.01. The number of benzene rings is 2. The van der Waals surface area contributed by atoms with Crippen LogP contribution in [-0.2, 0) is 19.1 Å². The molecule has 1 aliphatic heterocycles. The molecule has 2 aromatic carbocycles. The van der Waals surface area contributed by atoms with Gasteiger partial charge in [0.25, 0.3) is 0 Å². The zero-order valence-electron chi connectivity index (χ0n) is 20.6. The molecule has 0 spiro atoms. The van der Waals surface area contributed by atoms with Gasteiger partial charge in [-0.3, -0.25) is 14.4 Å². The Morgan fingerprint density at radius 1 is 0.975 bits per heavy atom. The summed E-state index contributed by atoms with van der Waals surface area (Å²) < 4.78 is 26.4. The largest absolute Gasteiger partial charge is 0.507 e. The van der Waals surface area contributed by atoms with Gasteiger partial charge in [0.15, 0.2) is 17.3 Å². The van der Waals surface area contributed by atoms with Crippen molar-refractivity contribution in [3.8, 4) is 40.1 Å². The van der Waals surface area contributed by atoms with E-state index in [-0.39, 0.29) is 34.2 Å². The molecular weight excluding hydrogens is 540 g/mol. The third kappa shape index (κ3) is 5.57. The van der Waals surface area contributed by atoms with Crippen LogP contribution in [0.2, 0.25) is 0 Å². The minimum Gasteiger partial charge on any atom is -0.507 e. The van der Waals surface area contributed by atoms with E-state index >= 15 is 0 Å². The van der Waals surface area contributed by atoms with Crippen LogP contribution >= 0.6 is 0 Å². The average molecular weight is 564 g/mol. The van der Waals surface area contributed by atoms with Crippen LogP contribution in [0.4, 0.5) is 0 Å². The molecule has 0 bridgehead atoms. The molecule has 4 rings (SSSR count). The Balaban J connectivity index is 1.64. The van der Waals surface area contributed by atoms with Crippen molar-refractivity contribution in [3.05, 3.63) is 40.6 Å². The lowest BCUT2D eigenvalue weighted by Crippen LogP contribution is -2.60. The molecule has 40 heavy (non-hydrogen) atoms. The molecule has 0 aliphatic carbocycles. The number of carboxylic acids is 1. The van der Waals surface area contributed by atoms with Gasteiger partial charge in [-0.2, -0.15) is 0 Å². The number of hydrogen-bond acceptors (Lipinski definition) is 14. The van der Waals surface area contributed by atoms with Crippen molar-refractivity contribution in [1.82, 2.24) is 0 Å². The fourth-order valence-electron chi connectivity index (χ4n) is 3.98. The zero-order valence-corrected chi connectivity index (χ0v) is 20.6. The van der Waals surface area contributed by atoms with E-state index in [0.717, 1.165) is 12.1 Å². The van der Waals surface area contributed by atoms with E-state index in [1.807, 2.05) is 0 Å². The summed E-state index contributed by atoms with van der Waals surface area (Å²) in [6, 6.07) is 5.93. The van der Waals surface area contributed by atoms with Crippen molar-refractivity contribution < 1.29 is 68.7 Å². The van der Waals surface area contributed by atoms with E-state index in [0.29, 0.717) is 0 Å². The number of hydrogen-bond donors (Lipinski definition) is 7. The standard InChI is InChI=1S/C25H24O15/c1-36-13-4-9(2-3-11(13)26)24-22(34)20(32)18-12(27)5-10(6-14(18)39-24)38-25-23(35)21(33)19(31)15(40-25)8-37-17(30)7-16(28)29/h2-6,15,19,21,23,25-27,31,33-35H,7-8H2,1H3,(H,28,29)/t15-,19-,21+,23-,25-/m1/s1. The molecule has 15 heteroatoms. The molecule has 1 fully saturated rings. The molecule has 214 valence electrons. The Morgan fingerprint density at radius 3 is 2.38 bits per heavy atom. The number of carbonyl (C=O) groups excluding carboxylic acids is 1. The molecule has 1 aliphatic rings. The molecule has 0 radical (unpaired) electrons. The molecule has 3 aromatic rings. The summed E-state index contributed by atoms with van der Waals surface area (Å²) in [5, 5.41) is 69.8. The van der Waals surface area contributed by atoms with Crippen LogP contribution < -0.4 is 14.9 Å². The number of aliphatic hydroxyl groups is 3. The van der Waals surface area contributed by atoms with Gasteiger partial charge in [0, 0.05) is 17.7 Å². The van der Waals surface area contributed by atoms with Crippen LogP contribution in [0.1, 0.15) is 6.42 Å². The van der Waals surface area contributed by atoms with Gasteiger partial charge >= 0.3 is 11.9 Å². The summed E-state index contributed by atoms with van der Waals surface area (Å²) in [5.41, 5.74) is -1.13. The number of methoxy groups -OCH3 is 1. The van der Waals surface area contributed by atoms with Gasteiger partial charge < -0.3 is 59.1 Å². The first-order chi connectivity index (χ1) is 18.9. The lowest BCUT2D eigenvalue weighted by Gasteiger charge is -2.39. The van der Waals surface area contributed by atoms with Gasteiger partial charge in [0.1, 0.15) is 59.9 Å². The van der Waals surface area contributed by atoms with E-state index in [1.165, 1.54) is 25.3 Å². The molecular formula is C25H24O15. The maximum absolute atomic E-state index is 12.8. The Bertz CT molecular complexity index is 1500. The van der Waals surface area contributed by atoms with E-state index in [2.05, 4.69) is 0 Å². The van der Waals surface area contributed by atoms with Crippen molar-refractivity contribution in [3.63, 3.8) is 0 Å². The number of phenolic OH excluding ortho intramolecular Hbond substituents is 2. The Labute approximate surface area is 223 Å². The van der Waals surface area contributed by atoms with Crippen molar-refractivity contribution in [2.45, 2.75) is 37.1 Å². The van der Waals surface area contributed by atoms with Crippen LogP contribution in [0.5, 0.6) is 28.7 Å². The fraction of sp³-hybridized carbons (Fsp3) is 0.320. The van der Waals surface area contributed by atoms with Gasteiger partial charge in [0.05, 0.1) is 7.11 Å². The van der Waals surface area contributed by atoms with E-state index < -0.39 is 78.0 Å². The number of fused-ring (bicyclic) bond motifs is 1. The highest BCUT2D eigenvalue weighted by Crippen LogP contribution is 2.38. The summed E-state index contributed by atoms with van der Waals surface area (Å²) in [6.45, 7) is -0.687. The number of rotatable bonds is 8. The maximum atomic E-state index is 12.8. The van der Waals surface area contributed by atoms with Crippen LogP contribution in [-0.4, -0.2) is 92.1 Å². The van der Waals surface area contributed by atoms with Gasteiger partial charge in [-0.05, 0) is 18.2 Å². The predicted octanol–water partition coefficient (Wildman–Crippen LogP) is -0.210. The SMILES string of the molecule is COc1cc(-c2oc3cc(O[C@@H]4O[C@H](COC(=O)CC(=O)O)[C@@H](O)[C@H](O)[C@H]4O)cc(O)c3c(=O)c2O)ccc1O. The van der Waals surface area contributed by atoms with Crippen LogP contribution in [0.25, 0.3) is 22.3 Å². The number of ether oxygens (including phenoxy) is 4. The van der Waals surface area contributed by atoms with Crippen molar-refractivity contribution in [2.24, 2.45) is 0 Å². The van der Waals surface area contributed by atoms with Crippen LogP contribution in [0.15, 0.2) is 39.5 Å². The summed E-state index contributed by atoms with van der Waals surface area (Å²) >= 11 is 0. The number of aliphatic carboxylic acids is 1. The lowest BCUT2D eigenvalue weighted by atomic mass is 9.99. The van der Waals surface area contributed by atoms with Crippen molar-refractivity contribution in [2.75, 3.05) is 13.7 Å². The molecule has 2 heterocycles. The van der Waals surface area contributed by atoms with E-state index in [1.54, 1.807) is 0 Å². The van der Waals surface area contributed by atoms with Gasteiger partial charge in [-0.1, -0.05) is 0 Å². The molecule has 15 nitrogen and oxygen atoms in total. The molecule has 0 amide bonds. The van der Waals surface area contributed by atoms with E-state index in [9.17, 15) is 45.0 Å². The molecule has 7 N–H and O–H groups in total. The number of esters is 1. The fourth-order valence-corrected chi connectivity index (χ4v) is 3.98. The smallest absolute Gasteiger partial charge is 0.317 e. The molecule has 0 saturated carbocycles. The topological polar surface area (TPSA) is 243 Å². The normalized spacial score (nSPS) is 22.6. The second-order valence-electron chi connectivity index (χ2n) is 8.70. The summed E-state index contributed by atoms with van der Waals surface area (Å²) in [5.74, 6) is -4.88. The third-order valence-corrected chi connectivity index (χ3v) is 5.99. The number of phenols is 2. The summed E-state index contributed by atoms with van der Waals surface area (Å²) in [7, 11) is 1.29. The molecule has 1 aromatic heterocycles. The Hall–Kier alpha value is -4.57. The first kappa shape index (κ1) is 28.4. The highest BCUT2D eigenvalue weighted by atomic mass is 16.7. The third-order valence-electron chi connectivity index (χ3n) is 5.99. The second-order valence-corrected chi connectivity index (χ2v) is 8.70. The Morgan fingerprint density at radius 2 is 1.70 bits per heavy atom. The first-order valence-corrected chi connectivity index (χ1v) is 11.5. The minimum absolute atomic E-state index is 0.0203. The molecule has 5 atom stereocenters. The van der Waals surface area contributed by atoms with Gasteiger partial charge in [-0.15, -0.1) is 0 Å². The minimum atomic E-state index is -1.85. The van der Waals surface area contributed by atoms with Gasteiger partial charge in [0.2, 0.25) is 17.5 Å². The second kappa shape index (κ2) is 11.3. The predicted molar refractivity (Wildman–Crippen MR) is 130 cm³/mol. The molecule has 1 saturated heterocycles. The number of carbonyl (C=O) groups is 2. The van der Waals surface area contributed by atoms with Gasteiger partial charge in [-0.25, -0.2) is 0 Å².